The normalized spacial score (nSPS) is 11.3. The van der Waals surface area contributed by atoms with E-state index in [0.717, 1.165) is 22.7 Å². The summed E-state index contributed by atoms with van der Waals surface area (Å²) in [6, 6.07) is 11.6. The molecule has 2 aromatic carbocycles. The van der Waals surface area contributed by atoms with Gasteiger partial charge in [0, 0.05) is 21.7 Å². The van der Waals surface area contributed by atoms with Crippen molar-refractivity contribution < 1.29 is 18.0 Å². The van der Waals surface area contributed by atoms with E-state index >= 15 is 0 Å². The molecule has 1 amide bonds. The predicted octanol–water partition coefficient (Wildman–Crippen LogP) is 5.71. The van der Waals surface area contributed by atoms with Crippen LogP contribution in [0.5, 0.6) is 0 Å². The van der Waals surface area contributed by atoms with E-state index in [9.17, 15) is 18.0 Å². The minimum Gasteiger partial charge on any atom is -0.322 e. The van der Waals surface area contributed by atoms with E-state index in [1.165, 1.54) is 35.2 Å². The Kier molecular flexibility index (Phi) is 5.63. The van der Waals surface area contributed by atoms with Gasteiger partial charge in [-0.05, 0) is 30.3 Å². The van der Waals surface area contributed by atoms with Crippen LogP contribution < -0.4 is 5.32 Å². The standard InChI is InChI=1S/C18H13F3N2OS2/c19-18(20,21)12-4-3-5-13(8-12)23-17(24)15-6-1-2-7-16(15)26-10-14-9-25-11-22-14/h1-9,11H,10H2,(H,23,24). The predicted molar refractivity (Wildman–Crippen MR) is 97.5 cm³/mol. The topological polar surface area (TPSA) is 42.0 Å². The molecular formula is C18H13F3N2OS2. The highest BCUT2D eigenvalue weighted by atomic mass is 32.2. The van der Waals surface area contributed by atoms with Gasteiger partial charge in [-0.15, -0.1) is 23.1 Å². The number of nitrogens with one attached hydrogen (secondary N) is 1. The highest BCUT2D eigenvalue weighted by molar-refractivity contribution is 7.98. The number of nitrogens with zero attached hydrogens (tertiary/aromatic N) is 1. The number of hydrogen-bond acceptors (Lipinski definition) is 4. The van der Waals surface area contributed by atoms with E-state index < -0.39 is 17.6 Å². The fourth-order valence-corrected chi connectivity index (χ4v) is 3.83. The van der Waals surface area contributed by atoms with Crippen molar-refractivity contribution in [3.63, 3.8) is 0 Å². The van der Waals surface area contributed by atoms with Crippen LogP contribution in [-0.4, -0.2) is 10.9 Å². The Morgan fingerprint density at radius 1 is 1.15 bits per heavy atom. The molecule has 0 aliphatic carbocycles. The Bertz CT molecular complexity index is 895. The van der Waals surface area contributed by atoms with Crippen LogP contribution in [0.25, 0.3) is 0 Å². The van der Waals surface area contributed by atoms with E-state index in [0.29, 0.717) is 11.3 Å². The first kappa shape index (κ1) is 18.5. The van der Waals surface area contributed by atoms with Crippen molar-refractivity contribution in [3.05, 3.63) is 76.2 Å². The van der Waals surface area contributed by atoms with Gasteiger partial charge >= 0.3 is 6.18 Å². The molecule has 0 fully saturated rings. The van der Waals surface area contributed by atoms with Crippen molar-refractivity contribution >= 4 is 34.7 Å². The Balaban J connectivity index is 1.76. The second-order valence-electron chi connectivity index (χ2n) is 5.30. The molecule has 134 valence electrons. The minimum absolute atomic E-state index is 0.101. The molecule has 1 N–H and O–H groups in total. The highest BCUT2D eigenvalue weighted by Gasteiger charge is 2.30. The van der Waals surface area contributed by atoms with E-state index in [2.05, 4.69) is 10.3 Å². The molecule has 0 aliphatic rings. The molecule has 3 rings (SSSR count). The number of carbonyl (C=O) groups excluding carboxylic acids is 1. The van der Waals surface area contributed by atoms with Gasteiger partial charge in [-0.1, -0.05) is 18.2 Å². The number of hydrogen-bond donors (Lipinski definition) is 1. The lowest BCUT2D eigenvalue weighted by molar-refractivity contribution is -0.137. The van der Waals surface area contributed by atoms with Crippen LogP contribution in [0.3, 0.4) is 0 Å². The first-order valence-electron chi connectivity index (χ1n) is 7.51. The minimum atomic E-state index is -4.46. The summed E-state index contributed by atoms with van der Waals surface area (Å²) in [4.78, 5) is 17.5. The maximum Gasteiger partial charge on any atom is 0.416 e. The number of aromatic nitrogens is 1. The van der Waals surface area contributed by atoms with Gasteiger partial charge in [0.2, 0.25) is 0 Å². The van der Waals surface area contributed by atoms with Crippen LogP contribution in [0, 0.1) is 0 Å². The van der Waals surface area contributed by atoms with Crippen LogP contribution in [0.2, 0.25) is 0 Å². The largest absolute Gasteiger partial charge is 0.416 e. The lowest BCUT2D eigenvalue weighted by Crippen LogP contribution is -2.14. The number of halogens is 3. The average Bonchev–Trinajstić information content (AvgIpc) is 3.13. The van der Waals surface area contributed by atoms with Crippen LogP contribution >= 0.6 is 23.1 Å². The molecule has 8 heteroatoms. The Labute approximate surface area is 156 Å². The summed E-state index contributed by atoms with van der Waals surface area (Å²) in [5.41, 5.74) is 2.35. The lowest BCUT2D eigenvalue weighted by atomic mass is 10.1. The zero-order chi connectivity index (χ0) is 18.6. The summed E-state index contributed by atoms with van der Waals surface area (Å²) < 4.78 is 38.4. The van der Waals surface area contributed by atoms with Gasteiger partial charge in [0.05, 0.1) is 22.3 Å². The number of thiazole rings is 1. The zero-order valence-electron chi connectivity index (χ0n) is 13.3. The van der Waals surface area contributed by atoms with Gasteiger partial charge < -0.3 is 5.32 Å². The summed E-state index contributed by atoms with van der Waals surface area (Å²) >= 11 is 2.95. The Morgan fingerprint density at radius 3 is 2.69 bits per heavy atom. The second-order valence-corrected chi connectivity index (χ2v) is 7.03. The number of carbonyl (C=O) groups is 1. The highest BCUT2D eigenvalue weighted by Crippen LogP contribution is 2.31. The molecule has 3 nitrogen and oxygen atoms in total. The van der Waals surface area contributed by atoms with Crippen molar-refractivity contribution in [2.45, 2.75) is 16.8 Å². The molecule has 1 heterocycles. The molecule has 0 unspecified atom stereocenters. The van der Waals surface area contributed by atoms with Crippen molar-refractivity contribution in [3.8, 4) is 0 Å². The van der Waals surface area contributed by atoms with E-state index in [1.54, 1.807) is 23.7 Å². The first-order valence-corrected chi connectivity index (χ1v) is 9.44. The van der Waals surface area contributed by atoms with Crippen molar-refractivity contribution in [1.82, 2.24) is 4.98 Å². The maximum atomic E-state index is 12.8. The molecule has 0 radical (unpaired) electrons. The van der Waals surface area contributed by atoms with Gasteiger partial charge in [-0.2, -0.15) is 13.2 Å². The maximum absolute atomic E-state index is 12.8. The monoisotopic (exact) mass is 394 g/mol. The number of thioether (sulfide) groups is 1. The van der Waals surface area contributed by atoms with Crippen LogP contribution in [0.4, 0.5) is 18.9 Å². The quantitative estimate of drug-likeness (QED) is 0.564. The summed E-state index contributed by atoms with van der Waals surface area (Å²) in [7, 11) is 0. The molecule has 3 aromatic rings. The Hall–Kier alpha value is -2.32. The Morgan fingerprint density at radius 2 is 1.96 bits per heavy atom. The SMILES string of the molecule is O=C(Nc1cccc(C(F)(F)F)c1)c1ccccc1SCc1cscn1. The summed E-state index contributed by atoms with van der Waals surface area (Å²) in [5.74, 6) is 0.155. The second kappa shape index (κ2) is 7.92. The molecule has 0 saturated heterocycles. The van der Waals surface area contributed by atoms with E-state index in [-0.39, 0.29) is 5.69 Å². The fourth-order valence-electron chi connectivity index (χ4n) is 2.21. The van der Waals surface area contributed by atoms with Gasteiger partial charge in [0.25, 0.3) is 5.91 Å². The van der Waals surface area contributed by atoms with E-state index in [1.807, 2.05) is 11.4 Å². The van der Waals surface area contributed by atoms with Crippen LogP contribution in [0.1, 0.15) is 21.6 Å². The molecule has 0 saturated carbocycles. The molecule has 0 aliphatic heterocycles. The molecule has 26 heavy (non-hydrogen) atoms. The smallest absolute Gasteiger partial charge is 0.322 e. The number of rotatable bonds is 5. The lowest BCUT2D eigenvalue weighted by Gasteiger charge is -2.11. The zero-order valence-corrected chi connectivity index (χ0v) is 14.9. The molecule has 0 atom stereocenters. The van der Waals surface area contributed by atoms with E-state index in [4.69, 9.17) is 0 Å². The van der Waals surface area contributed by atoms with Gasteiger partial charge in [0.1, 0.15) is 0 Å². The summed E-state index contributed by atoms with van der Waals surface area (Å²) in [5, 5.41) is 4.47. The number of benzene rings is 2. The third-order valence-corrected chi connectivity index (χ3v) is 5.18. The average molecular weight is 394 g/mol. The summed E-state index contributed by atoms with van der Waals surface area (Å²) in [6.45, 7) is 0. The summed E-state index contributed by atoms with van der Waals surface area (Å²) in [6.07, 6.45) is -4.46. The fraction of sp³-hybridized carbons (Fsp3) is 0.111. The number of amides is 1. The molecule has 0 spiro atoms. The molecular weight excluding hydrogens is 381 g/mol. The third-order valence-electron chi connectivity index (χ3n) is 3.44. The first-order chi connectivity index (χ1) is 12.4. The van der Waals surface area contributed by atoms with Gasteiger partial charge in [-0.25, -0.2) is 4.98 Å². The van der Waals surface area contributed by atoms with Crippen molar-refractivity contribution in [2.24, 2.45) is 0 Å². The van der Waals surface area contributed by atoms with Gasteiger partial charge in [-0.3, -0.25) is 4.79 Å². The van der Waals surface area contributed by atoms with Gasteiger partial charge in [0.15, 0.2) is 0 Å². The van der Waals surface area contributed by atoms with Crippen LogP contribution in [0.15, 0.2) is 64.3 Å². The third kappa shape index (κ3) is 4.64. The molecule has 0 bridgehead atoms. The number of anilines is 1. The van der Waals surface area contributed by atoms with Crippen LogP contribution in [-0.2, 0) is 11.9 Å². The molecule has 1 aromatic heterocycles. The van der Waals surface area contributed by atoms with Crippen molar-refractivity contribution in [1.29, 1.82) is 0 Å². The van der Waals surface area contributed by atoms with Crippen molar-refractivity contribution in [2.75, 3.05) is 5.32 Å². The number of alkyl halides is 3.